The van der Waals surface area contributed by atoms with Crippen molar-refractivity contribution in [2.75, 3.05) is 0 Å². The van der Waals surface area contributed by atoms with Crippen LogP contribution in [0.4, 0.5) is 0 Å². The van der Waals surface area contributed by atoms with Crippen LogP contribution in [0.25, 0.3) is 0 Å². The molecule has 0 heterocycles. The molecule has 1 aliphatic rings. The number of carbonyl (C=O) groups excluding carboxylic acids is 1. The van der Waals surface area contributed by atoms with Crippen molar-refractivity contribution in [1.82, 2.24) is 0 Å². The van der Waals surface area contributed by atoms with Gasteiger partial charge in [-0.2, -0.15) is 0 Å². The van der Waals surface area contributed by atoms with Crippen molar-refractivity contribution < 1.29 is 13.6 Å². The molecule has 2 radical (unpaired) electrons. The molecular weight excluding hydrogens is 320 g/mol. The second kappa shape index (κ2) is 10.7. The topological polar surface area (TPSA) is 35.5 Å². The summed E-state index contributed by atoms with van der Waals surface area (Å²) in [5.41, 5.74) is 0.702. The van der Waals surface area contributed by atoms with Crippen molar-refractivity contribution in [2.24, 2.45) is 5.92 Å². The molecule has 1 atom stereocenters. The molecule has 1 fully saturated rings. The van der Waals surface area contributed by atoms with Crippen LogP contribution < -0.4 is 0 Å². The third-order valence-electron chi connectivity index (χ3n) is 4.86. The van der Waals surface area contributed by atoms with Crippen LogP contribution in [0.5, 0.6) is 0 Å². The van der Waals surface area contributed by atoms with Crippen LogP contribution >= 0.6 is 0 Å². The molecule has 0 aromatic heterocycles. The molecule has 5 heteroatoms. The SMILES string of the molecule is CCC[Si](CCC)(OC(=O)C(C)C[Si]OC(C)C)C1CCCC1. The quantitative estimate of drug-likeness (QED) is 0.469. The van der Waals surface area contributed by atoms with Crippen molar-refractivity contribution in [3.63, 3.8) is 0 Å². The normalized spacial score (nSPS) is 17.7. The standard InChI is InChI=1S/C18H36O3Si2/c1-6-12-23(13-7-2,17-10-8-9-11-17)21-18(19)16(5)14-22-20-15(3)4/h15-17H,6-14H2,1-5H3. The Hall–Kier alpha value is -0.136. The molecule has 134 valence electrons. The van der Waals surface area contributed by atoms with Crippen LogP contribution in [0.15, 0.2) is 0 Å². The van der Waals surface area contributed by atoms with Gasteiger partial charge in [-0.25, -0.2) is 0 Å². The molecule has 3 nitrogen and oxygen atoms in total. The molecule has 1 unspecified atom stereocenters. The Morgan fingerprint density at radius 3 is 2.17 bits per heavy atom. The molecular formula is C18H36O3Si2. The molecule has 0 amide bonds. The Morgan fingerprint density at radius 1 is 1.13 bits per heavy atom. The molecule has 0 aliphatic heterocycles. The lowest BCUT2D eigenvalue weighted by atomic mass is 10.2. The highest BCUT2D eigenvalue weighted by Crippen LogP contribution is 2.44. The van der Waals surface area contributed by atoms with Crippen molar-refractivity contribution in [2.45, 2.75) is 103 Å². The molecule has 0 N–H and O–H groups in total. The first-order chi connectivity index (χ1) is 10.9. The lowest BCUT2D eigenvalue weighted by molar-refractivity contribution is -0.139. The molecule has 1 aliphatic carbocycles. The van der Waals surface area contributed by atoms with E-state index in [2.05, 4.69) is 13.8 Å². The van der Waals surface area contributed by atoms with E-state index in [1.165, 1.54) is 25.7 Å². The minimum absolute atomic E-state index is 0.0333. The fraction of sp³-hybridized carbons (Fsp3) is 0.944. The average Bonchev–Trinajstić information content (AvgIpc) is 3.01. The van der Waals surface area contributed by atoms with Crippen molar-refractivity contribution >= 4 is 24.0 Å². The van der Waals surface area contributed by atoms with Crippen LogP contribution in [0, 0.1) is 5.92 Å². The van der Waals surface area contributed by atoms with Gasteiger partial charge in [0.15, 0.2) is 0 Å². The van der Waals surface area contributed by atoms with E-state index in [1.807, 2.05) is 20.8 Å². The minimum atomic E-state index is -1.94. The number of rotatable bonds is 11. The highest BCUT2D eigenvalue weighted by molar-refractivity contribution is 6.76. The van der Waals surface area contributed by atoms with Gasteiger partial charge in [0.1, 0.15) is 0 Å². The first-order valence-electron chi connectivity index (χ1n) is 9.56. The first kappa shape index (κ1) is 20.9. The highest BCUT2D eigenvalue weighted by atomic mass is 28.4. The van der Waals surface area contributed by atoms with Gasteiger partial charge in [-0.15, -0.1) is 0 Å². The summed E-state index contributed by atoms with van der Waals surface area (Å²) in [5.74, 6) is 0.0133. The summed E-state index contributed by atoms with van der Waals surface area (Å²) in [5, 5.41) is 0. The van der Waals surface area contributed by atoms with E-state index in [9.17, 15) is 4.79 Å². The van der Waals surface area contributed by atoms with Crippen LogP contribution in [0.1, 0.15) is 73.1 Å². The zero-order chi connectivity index (χ0) is 17.3. The Labute approximate surface area is 147 Å². The maximum absolute atomic E-state index is 12.7. The van der Waals surface area contributed by atoms with Crippen LogP contribution in [0.3, 0.4) is 0 Å². The molecule has 0 spiro atoms. The minimum Gasteiger partial charge on any atom is -0.519 e. The molecule has 1 rings (SSSR count). The third-order valence-corrected chi connectivity index (χ3v) is 11.6. The summed E-state index contributed by atoms with van der Waals surface area (Å²) in [7, 11) is -1.54. The van der Waals surface area contributed by atoms with Gasteiger partial charge in [0, 0.05) is 6.10 Å². The van der Waals surface area contributed by atoms with Gasteiger partial charge in [0.25, 0.3) is 14.3 Å². The Kier molecular flexibility index (Phi) is 9.70. The van der Waals surface area contributed by atoms with Crippen molar-refractivity contribution in [3.05, 3.63) is 0 Å². The summed E-state index contributed by atoms with van der Waals surface area (Å²) >= 11 is 0. The monoisotopic (exact) mass is 356 g/mol. The molecule has 0 aromatic carbocycles. The van der Waals surface area contributed by atoms with Crippen LogP contribution in [-0.2, 0) is 13.6 Å². The van der Waals surface area contributed by atoms with Crippen LogP contribution in [-0.4, -0.2) is 30.2 Å². The Morgan fingerprint density at radius 2 is 1.70 bits per heavy atom. The molecule has 0 aromatic rings. The van der Waals surface area contributed by atoms with E-state index in [0.29, 0.717) is 15.3 Å². The number of hydrogen-bond acceptors (Lipinski definition) is 3. The van der Waals surface area contributed by atoms with Crippen LogP contribution in [0.2, 0.25) is 23.7 Å². The lowest BCUT2D eigenvalue weighted by Gasteiger charge is -2.37. The zero-order valence-corrected chi connectivity index (χ0v) is 17.8. The van der Waals surface area contributed by atoms with E-state index in [-0.39, 0.29) is 18.0 Å². The maximum Gasteiger partial charge on any atom is 0.295 e. The third kappa shape index (κ3) is 6.71. The maximum atomic E-state index is 12.7. The van der Waals surface area contributed by atoms with Crippen molar-refractivity contribution in [3.8, 4) is 0 Å². The number of carbonyl (C=O) groups is 1. The summed E-state index contributed by atoms with van der Waals surface area (Å²) in [6, 6.07) is 3.09. The zero-order valence-electron chi connectivity index (χ0n) is 15.8. The van der Waals surface area contributed by atoms with Gasteiger partial charge in [-0.1, -0.05) is 46.5 Å². The molecule has 0 saturated heterocycles. The fourth-order valence-corrected chi connectivity index (χ4v) is 9.78. The highest BCUT2D eigenvalue weighted by Gasteiger charge is 2.46. The van der Waals surface area contributed by atoms with Gasteiger partial charge < -0.3 is 8.85 Å². The first-order valence-corrected chi connectivity index (χ1v) is 13.1. The Balaban J connectivity index is 2.68. The summed E-state index contributed by atoms with van der Waals surface area (Å²) < 4.78 is 12.0. The smallest absolute Gasteiger partial charge is 0.295 e. The van der Waals surface area contributed by atoms with Gasteiger partial charge in [-0.3, -0.25) is 4.79 Å². The van der Waals surface area contributed by atoms with E-state index >= 15 is 0 Å². The van der Waals surface area contributed by atoms with Crippen molar-refractivity contribution in [1.29, 1.82) is 0 Å². The molecule has 23 heavy (non-hydrogen) atoms. The number of hydrogen-bond donors (Lipinski definition) is 0. The second-order valence-corrected chi connectivity index (χ2v) is 12.5. The second-order valence-electron chi connectivity index (χ2n) is 7.38. The van der Waals surface area contributed by atoms with Gasteiger partial charge in [0.05, 0.1) is 5.92 Å². The largest absolute Gasteiger partial charge is 0.519 e. The van der Waals surface area contributed by atoms with Gasteiger partial charge >= 0.3 is 0 Å². The van der Waals surface area contributed by atoms with E-state index in [4.69, 9.17) is 8.85 Å². The molecule has 0 bridgehead atoms. The lowest BCUT2D eigenvalue weighted by Crippen LogP contribution is -2.45. The predicted octanol–water partition coefficient (Wildman–Crippen LogP) is 5.34. The van der Waals surface area contributed by atoms with Gasteiger partial charge in [0.2, 0.25) is 9.76 Å². The molecule has 1 saturated carbocycles. The summed E-state index contributed by atoms with van der Waals surface area (Å²) in [4.78, 5) is 12.7. The van der Waals surface area contributed by atoms with E-state index in [0.717, 1.165) is 31.0 Å². The Bertz CT molecular complexity index is 335. The van der Waals surface area contributed by atoms with Gasteiger partial charge in [-0.05, 0) is 50.4 Å². The summed E-state index contributed by atoms with van der Waals surface area (Å²) in [6.45, 7) is 10.6. The predicted molar refractivity (Wildman–Crippen MR) is 100 cm³/mol. The fourth-order valence-electron chi connectivity index (χ4n) is 3.74. The van der Waals surface area contributed by atoms with E-state index < -0.39 is 8.32 Å². The average molecular weight is 357 g/mol. The summed E-state index contributed by atoms with van der Waals surface area (Å²) in [6.07, 6.45) is 7.74. The van der Waals surface area contributed by atoms with E-state index in [1.54, 1.807) is 0 Å².